The number of hydrogen-bond donors (Lipinski definition) is 5. The highest BCUT2D eigenvalue weighted by molar-refractivity contribution is 5.99. The number of benzene rings is 2. The largest absolute Gasteiger partial charge is 0.355 e. The quantitative estimate of drug-likeness (QED) is 0.243. The molecule has 1 aliphatic rings. The summed E-state index contributed by atoms with van der Waals surface area (Å²) in [5.41, 5.74) is 2.05. The second-order valence-electron chi connectivity index (χ2n) is 12.8. The first kappa shape index (κ1) is 37.3. The number of carbonyl (C=O) groups is 6. The highest BCUT2D eigenvalue weighted by Crippen LogP contribution is 2.10. The lowest BCUT2D eigenvalue weighted by Gasteiger charge is -2.28. The van der Waals surface area contributed by atoms with Crippen LogP contribution in [0.15, 0.2) is 73.1 Å². The van der Waals surface area contributed by atoms with Crippen LogP contribution in [0.25, 0.3) is 0 Å². The molecule has 0 saturated carbocycles. The van der Waals surface area contributed by atoms with Gasteiger partial charge in [-0.05, 0) is 36.8 Å². The van der Waals surface area contributed by atoms with Gasteiger partial charge in [-0.3, -0.25) is 33.4 Å². The Labute approximate surface area is 291 Å². The summed E-state index contributed by atoms with van der Waals surface area (Å²) in [4.78, 5) is 81.2. The lowest BCUT2D eigenvalue weighted by atomic mass is 10.0. The van der Waals surface area contributed by atoms with Crippen molar-refractivity contribution in [1.29, 1.82) is 0 Å². The first-order chi connectivity index (χ1) is 23.9. The standard InChI is InChI=1S/C36H46N8O6/c1-23(2)31-35(49)39-24(3)32(46)41-29(18-25-12-7-5-8-13-25)36(50)43(4)22-30(45)37-17-11-16-28(34(48)42-31)40-33(47)27-19-38-44(21-27)20-26-14-9-6-10-15-26/h5-10,12-15,19,21,23-24,28-29,31H,11,16-18,20,22H2,1-4H3,(H,37,45)(H,39,49)(H,40,47)(H,41,46)(H,42,48)/t24-,28+,29+,31-/m1/s1. The van der Waals surface area contributed by atoms with E-state index < -0.39 is 59.6 Å². The minimum atomic E-state index is -1.07. The van der Waals surface area contributed by atoms with E-state index in [9.17, 15) is 28.8 Å². The number of hydrogen-bond acceptors (Lipinski definition) is 7. The molecule has 0 unspecified atom stereocenters. The van der Waals surface area contributed by atoms with Crippen molar-refractivity contribution < 1.29 is 28.8 Å². The Bertz CT molecular complexity index is 1640. The van der Waals surface area contributed by atoms with Crippen molar-refractivity contribution in [3.05, 3.63) is 89.7 Å². The van der Waals surface area contributed by atoms with Gasteiger partial charge in [0.15, 0.2) is 0 Å². The van der Waals surface area contributed by atoms with Crippen LogP contribution in [0, 0.1) is 5.92 Å². The van der Waals surface area contributed by atoms with E-state index in [1.54, 1.807) is 24.7 Å². The Morgan fingerprint density at radius 3 is 2.22 bits per heavy atom. The molecule has 4 rings (SSSR count). The Hall–Kier alpha value is -5.53. The highest BCUT2D eigenvalue weighted by Gasteiger charge is 2.32. The van der Waals surface area contributed by atoms with Crippen LogP contribution in [0.2, 0.25) is 0 Å². The van der Waals surface area contributed by atoms with Crippen LogP contribution < -0.4 is 26.6 Å². The van der Waals surface area contributed by atoms with Gasteiger partial charge in [-0.15, -0.1) is 0 Å². The van der Waals surface area contributed by atoms with Crippen LogP contribution in [0.1, 0.15) is 55.1 Å². The minimum absolute atomic E-state index is 0.134. The number of rotatable bonds is 7. The van der Waals surface area contributed by atoms with E-state index in [0.29, 0.717) is 13.0 Å². The molecule has 2 heterocycles. The monoisotopic (exact) mass is 686 g/mol. The summed E-state index contributed by atoms with van der Waals surface area (Å²) in [5.74, 6) is -3.62. The Morgan fingerprint density at radius 1 is 0.900 bits per heavy atom. The zero-order valence-electron chi connectivity index (χ0n) is 28.8. The van der Waals surface area contributed by atoms with Gasteiger partial charge >= 0.3 is 0 Å². The van der Waals surface area contributed by atoms with Crippen LogP contribution in [0.3, 0.4) is 0 Å². The molecule has 1 saturated heterocycles. The lowest BCUT2D eigenvalue weighted by molar-refractivity contribution is -0.139. The van der Waals surface area contributed by atoms with Crippen LogP contribution in [-0.2, 0) is 36.9 Å². The molecule has 0 aliphatic carbocycles. The maximum absolute atomic E-state index is 13.6. The van der Waals surface area contributed by atoms with Crippen LogP contribution >= 0.6 is 0 Å². The minimum Gasteiger partial charge on any atom is -0.355 e. The van der Waals surface area contributed by atoms with Gasteiger partial charge in [0.1, 0.15) is 24.2 Å². The second kappa shape index (κ2) is 17.7. The molecule has 0 spiro atoms. The summed E-state index contributed by atoms with van der Waals surface area (Å²) >= 11 is 0. The van der Waals surface area contributed by atoms with Crippen LogP contribution in [0.5, 0.6) is 0 Å². The van der Waals surface area contributed by atoms with E-state index in [1.165, 1.54) is 25.1 Å². The first-order valence-corrected chi connectivity index (χ1v) is 16.7. The fourth-order valence-electron chi connectivity index (χ4n) is 5.50. The highest BCUT2D eigenvalue weighted by atomic mass is 16.2. The average Bonchev–Trinajstić information content (AvgIpc) is 3.56. The predicted octanol–water partition coefficient (Wildman–Crippen LogP) is 0.771. The summed E-state index contributed by atoms with van der Waals surface area (Å²) < 4.78 is 1.62. The first-order valence-electron chi connectivity index (χ1n) is 16.7. The van der Waals surface area contributed by atoms with E-state index in [4.69, 9.17) is 0 Å². The van der Waals surface area contributed by atoms with Gasteiger partial charge in [-0.25, -0.2) is 0 Å². The normalized spacial score (nSPS) is 21.7. The number of nitrogens with one attached hydrogen (secondary N) is 5. The topological polar surface area (TPSA) is 184 Å². The number of aromatic nitrogens is 2. The van der Waals surface area contributed by atoms with Gasteiger partial charge in [-0.2, -0.15) is 5.10 Å². The van der Waals surface area contributed by atoms with E-state index >= 15 is 0 Å². The molecular formula is C36H46N8O6. The molecule has 50 heavy (non-hydrogen) atoms. The maximum atomic E-state index is 13.6. The second-order valence-corrected chi connectivity index (χ2v) is 12.8. The van der Waals surface area contributed by atoms with Crippen molar-refractivity contribution in [2.45, 2.75) is 70.7 Å². The molecule has 5 N–H and O–H groups in total. The van der Waals surface area contributed by atoms with Crippen LogP contribution in [0.4, 0.5) is 0 Å². The van der Waals surface area contributed by atoms with E-state index in [0.717, 1.165) is 11.1 Å². The lowest BCUT2D eigenvalue weighted by Crippen LogP contribution is -2.59. The fraction of sp³-hybridized carbons (Fsp3) is 0.417. The zero-order valence-corrected chi connectivity index (χ0v) is 28.8. The van der Waals surface area contributed by atoms with Crippen molar-refractivity contribution in [1.82, 2.24) is 41.3 Å². The van der Waals surface area contributed by atoms with E-state index in [1.807, 2.05) is 60.7 Å². The van der Waals surface area contributed by atoms with Gasteiger partial charge in [0.2, 0.25) is 29.5 Å². The van der Waals surface area contributed by atoms with Gasteiger partial charge < -0.3 is 31.5 Å². The van der Waals surface area contributed by atoms with Gasteiger partial charge in [0.25, 0.3) is 5.91 Å². The van der Waals surface area contributed by atoms with Crippen molar-refractivity contribution in [2.75, 3.05) is 20.1 Å². The molecule has 6 amide bonds. The molecule has 4 atom stereocenters. The third kappa shape index (κ3) is 10.7. The molecule has 2 aromatic carbocycles. The number of carbonyl (C=O) groups excluding carboxylic acids is 6. The maximum Gasteiger partial charge on any atom is 0.255 e. The molecule has 1 aliphatic heterocycles. The van der Waals surface area contributed by atoms with Crippen molar-refractivity contribution in [3.63, 3.8) is 0 Å². The summed E-state index contributed by atoms with van der Waals surface area (Å²) in [6.07, 6.45) is 3.60. The van der Waals surface area contributed by atoms with Gasteiger partial charge in [-0.1, -0.05) is 74.5 Å². The summed E-state index contributed by atoms with van der Waals surface area (Å²) in [7, 11) is 1.47. The fourth-order valence-corrected chi connectivity index (χ4v) is 5.50. The summed E-state index contributed by atoms with van der Waals surface area (Å²) in [6.45, 7) is 5.31. The molecule has 3 aromatic rings. The molecule has 1 aromatic heterocycles. The third-order valence-corrected chi connectivity index (χ3v) is 8.35. The summed E-state index contributed by atoms with van der Waals surface area (Å²) in [5, 5.41) is 17.9. The average molecular weight is 687 g/mol. The molecule has 0 radical (unpaired) electrons. The molecule has 14 heteroatoms. The SMILES string of the molecule is CC(C)[C@H]1NC(=O)[C@@H](NC(=O)c2cnn(Cc3ccccc3)c2)CCCNC(=O)CN(C)C(=O)[C@H](Cc2ccccc2)NC(=O)[C@@H](C)NC1=O. The van der Waals surface area contributed by atoms with E-state index in [2.05, 4.69) is 31.7 Å². The van der Waals surface area contributed by atoms with Gasteiger partial charge in [0, 0.05) is 26.2 Å². The molecular weight excluding hydrogens is 640 g/mol. The van der Waals surface area contributed by atoms with E-state index in [-0.39, 0.29) is 37.4 Å². The van der Waals surface area contributed by atoms with Crippen LogP contribution in [-0.4, -0.2) is 94.4 Å². The molecule has 14 nitrogen and oxygen atoms in total. The number of likely N-dealkylation sites (N-methyl/N-ethyl adjacent to an activating group) is 1. The van der Waals surface area contributed by atoms with Crippen molar-refractivity contribution in [2.24, 2.45) is 5.92 Å². The smallest absolute Gasteiger partial charge is 0.255 e. The molecule has 1 fully saturated rings. The van der Waals surface area contributed by atoms with Gasteiger partial charge in [0.05, 0.1) is 24.8 Å². The molecule has 0 bridgehead atoms. The van der Waals surface area contributed by atoms with Crippen molar-refractivity contribution >= 4 is 35.4 Å². The van der Waals surface area contributed by atoms with Crippen molar-refractivity contribution in [3.8, 4) is 0 Å². The number of nitrogens with zero attached hydrogens (tertiary/aromatic N) is 3. The third-order valence-electron chi connectivity index (χ3n) is 8.35. The molecule has 266 valence electrons. The predicted molar refractivity (Wildman–Crippen MR) is 185 cm³/mol. The Balaban J connectivity index is 1.51. The zero-order chi connectivity index (χ0) is 36.2. The Kier molecular flexibility index (Phi) is 13.2. The number of amides is 6. The summed E-state index contributed by atoms with van der Waals surface area (Å²) in [6, 6.07) is 14.6. The Morgan fingerprint density at radius 2 is 1.56 bits per heavy atom.